The molecule has 2 aliphatic heterocycles. The molecule has 1 N–H and O–H groups in total. The van der Waals surface area contributed by atoms with Gasteiger partial charge in [-0.3, -0.25) is 4.90 Å². The van der Waals surface area contributed by atoms with Gasteiger partial charge < -0.3 is 10.1 Å². The second kappa shape index (κ2) is 5.64. The zero-order valence-corrected chi connectivity index (χ0v) is 9.61. The number of hydrogen-bond acceptors (Lipinski definition) is 3. The van der Waals surface area contributed by atoms with Crippen molar-refractivity contribution >= 4 is 0 Å². The minimum atomic E-state index is 0.445. The van der Waals surface area contributed by atoms with Crippen LogP contribution in [-0.4, -0.2) is 50.3 Å². The number of ether oxygens (including phenoxy) is 1. The highest BCUT2D eigenvalue weighted by molar-refractivity contribution is 4.92. The molecule has 0 aromatic carbocycles. The molecule has 2 aliphatic rings. The summed E-state index contributed by atoms with van der Waals surface area (Å²) >= 11 is 0. The highest BCUT2D eigenvalue weighted by Gasteiger charge is 2.26. The Morgan fingerprint density at radius 1 is 1.33 bits per heavy atom. The Labute approximate surface area is 92.5 Å². The van der Waals surface area contributed by atoms with Crippen LogP contribution >= 0.6 is 0 Å². The van der Waals surface area contributed by atoms with E-state index in [0.717, 1.165) is 19.6 Å². The Hall–Kier alpha value is -0.380. The van der Waals surface area contributed by atoms with E-state index >= 15 is 0 Å². The fourth-order valence-electron chi connectivity index (χ4n) is 2.44. The van der Waals surface area contributed by atoms with Gasteiger partial charge in [-0.2, -0.15) is 0 Å². The molecule has 0 aliphatic carbocycles. The summed E-state index contributed by atoms with van der Waals surface area (Å²) in [5.74, 6) is 0. The third kappa shape index (κ3) is 3.30. The van der Waals surface area contributed by atoms with Crippen LogP contribution < -0.4 is 5.32 Å². The summed E-state index contributed by atoms with van der Waals surface area (Å²) in [7, 11) is 1.99. The molecule has 0 saturated carbocycles. The first kappa shape index (κ1) is 11.1. The molecule has 0 bridgehead atoms. The first-order valence-corrected chi connectivity index (χ1v) is 6.06. The van der Waals surface area contributed by atoms with Gasteiger partial charge in [0.2, 0.25) is 0 Å². The number of rotatable bonds is 4. The standard InChI is InChI=1S/C12H22N2O/c1-13-9-11-5-6-12(15-11)10-14-7-3-2-4-8-14/h2-3,11-13H,4-10H2,1H3. The Morgan fingerprint density at radius 2 is 2.20 bits per heavy atom. The maximum atomic E-state index is 5.98. The molecule has 2 unspecified atom stereocenters. The van der Waals surface area contributed by atoms with Crippen LogP contribution in [0.5, 0.6) is 0 Å². The Bertz CT molecular complexity index is 218. The third-order valence-corrected chi connectivity index (χ3v) is 3.23. The van der Waals surface area contributed by atoms with Gasteiger partial charge in [0.1, 0.15) is 0 Å². The molecule has 2 rings (SSSR count). The molecule has 0 amide bonds. The van der Waals surface area contributed by atoms with Gasteiger partial charge >= 0.3 is 0 Å². The van der Waals surface area contributed by atoms with Gasteiger partial charge in [-0.1, -0.05) is 12.2 Å². The smallest absolute Gasteiger partial charge is 0.0707 e. The van der Waals surface area contributed by atoms with Crippen LogP contribution in [0.3, 0.4) is 0 Å². The fourth-order valence-corrected chi connectivity index (χ4v) is 2.44. The van der Waals surface area contributed by atoms with E-state index in [2.05, 4.69) is 22.4 Å². The van der Waals surface area contributed by atoms with Crippen molar-refractivity contribution in [3.05, 3.63) is 12.2 Å². The van der Waals surface area contributed by atoms with Gasteiger partial charge in [-0.25, -0.2) is 0 Å². The maximum Gasteiger partial charge on any atom is 0.0707 e. The molecular weight excluding hydrogens is 188 g/mol. The van der Waals surface area contributed by atoms with Gasteiger partial charge in [0.05, 0.1) is 12.2 Å². The first-order chi connectivity index (χ1) is 7.38. The quantitative estimate of drug-likeness (QED) is 0.701. The van der Waals surface area contributed by atoms with E-state index in [4.69, 9.17) is 4.74 Å². The van der Waals surface area contributed by atoms with Gasteiger partial charge in [-0.05, 0) is 26.3 Å². The summed E-state index contributed by atoms with van der Waals surface area (Å²) in [5.41, 5.74) is 0. The summed E-state index contributed by atoms with van der Waals surface area (Å²) in [4.78, 5) is 2.49. The van der Waals surface area contributed by atoms with Crippen molar-refractivity contribution in [3.63, 3.8) is 0 Å². The van der Waals surface area contributed by atoms with Crippen LogP contribution in [0.1, 0.15) is 19.3 Å². The molecule has 0 aromatic heterocycles. The molecule has 2 atom stereocenters. The van der Waals surface area contributed by atoms with E-state index in [-0.39, 0.29) is 0 Å². The van der Waals surface area contributed by atoms with E-state index in [1.165, 1.54) is 25.8 Å². The maximum absolute atomic E-state index is 5.98. The average molecular weight is 210 g/mol. The highest BCUT2D eigenvalue weighted by Crippen LogP contribution is 2.20. The van der Waals surface area contributed by atoms with Crippen molar-refractivity contribution in [1.82, 2.24) is 10.2 Å². The molecule has 15 heavy (non-hydrogen) atoms. The number of likely N-dealkylation sites (N-methyl/N-ethyl adjacent to an activating group) is 1. The Kier molecular flexibility index (Phi) is 4.18. The van der Waals surface area contributed by atoms with E-state index < -0.39 is 0 Å². The van der Waals surface area contributed by atoms with Crippen molar-refractivity contribution < 1.29 is 4.74 Å². The Balaban J connectivity index is 1.69. The molecule has 1 saturated heterocycles. The molecule has 0 radical (unpaired) electrons. The van der Waals surface area contributed by atoms with Gasteiger partial charge in [0.15, 0.2) is 0 Å². The van der Waals surface area contributed by atoms with E-state index in [9.17, 15) is 0 Å². The molecule has 1 fully saturated rings. The minimum absolute atomic E-state index is 0.445. The summed E-state index contributed by atoms with van der Waals surface area (Å²) in [6.45, 7) is 4.42. The lowest BCUT2D eigenvalue weighted by Gasteiger charge is -2.26. The third-order valence-electron chi connectivity index (χ3n) is 3.23. The summed E-state index contributed by atoms with van der Waals surface area (Å²) in [6.07, 6.45) is 9.10. The second-order valence-corrected chi connectivity index (χ2v) is 4.53. The van der Waals surface area contributed by atoms with Gasteiger partial charge in [-0.15, -0.1) is 0 Å². The van der Waals surface area contributed by atoms with Crippen molar-refractivity contribution in [3.8, 4) is 0 Å². The number of hydrogen-bond donors (Lipinski definition) is 1. The topological polar surface area (TPSA) is 24.5 Å². The molecule has 3 nitrogen and oxygen atoms in total. The van der Waals surface area contributed by atoms with Crippen LogP contribution in [0.25, 0.3) is 0 Å². The molecule has 3 heteroatoms. The lowest BCUT2D eigenvalue weighted by molar-refractivity contribution is 0.0259. The van der Waals surface area contributed by atoms with Crippen LogP contribution in [-0.2, 0) is 4.74 Å². The molecule has 2 heterocycles. The SMILES string of the molecule is CNCC1CCC(CN2CC=CCC2)O1. The van der Waals surface area contributed by atoms with E-state index in [1.54, 1.807) is 0 Å². The molecule has 0 aromatic rings. The molecule has 0 spiro atoms. The summed E-state index contributed by atoms with van der Waals surface area (Å²) < 4.78 is 5.98. The summed E-state index contributed by atoms with van der Waals surface area (Å²) in [5, 5.41) is 3.18. The van der Waals surface area contributed by atoms with Crippen LogP contribution in [0, 0.1) is 0 Å². The minimum Gasteiger partial charge on any atom is -0.372 e. The Morgan fingerprint density at radius 3 is 2.93 bits per heavy atom. The van der Waals surface area contributed by atoms with Crippen molar-refractivity contribution in [2.24, 2.45) is 0 Å². The predicted octanol–water partition coefficient (Wildman–Crippen LogP) is 1.02. The van der Waals surface area contributed by atoms with E-state index in [0.29, 0.717) is 12.2 Å². The monoisotopic (exact) mass is 210 g/mol. The predicted molar refractivity (Wildman–Crippen MR) is 62.0 cm³/mol. The highest BCUT2D eigenvalue weighted by atomic mass is 16.5. The fraction of sp³-hybridized carbons (Fsp3) is 0.833. The zero-order valence-electron chi connectivity index (χ0n) is 9.61. The lowest BCUT2D eigenvalue weighted by Crippen LogP contribution is -2.35. The lowest BCUT2D eigenvalue weighted by atomic mass is 10.1. The molecular formula is C12H22N2O. The zero-order chi connectivity index (χ0) is 10.5. The van der Waals surface area contributed by atoms with Crippen molar-refractivity contribution in [2.75, 3.05) is 33.2 Å². The first-order valence-electron chi connectivity index (χ1n) is 6.06. The van der Waals surface area contributed by atoms with Gasteiger partial charge in [0.25, 0.3) is 0 Å². The van der Waals surface area contributed by atoms with E-state index in [1.807, 2.05) is 7.05 Å². The van der Waals surface area contributed by atoms with Crippen molar-refractivity contribution in [2.45, 2.75) is 31.5 Å². The van der Waals surface area contributed by atoms with Crippen LogP contribution in [0.4, 0.5) is 0 Å². The normalized spacial score (nSPS) is 32.3. The molecule has 86 valence electrons. The number of nitrogens with one attached hydrogen (secondary N) is 1. The largest absolute Gasteiger partial charge is 0.372 e. The van der Waals surface area contributed by atoms with Gasteiger partial charge in [0, 0.05) is 26.2 Å². The van der Waals surface area contributed by atoms with Crippen LogP contribution in [0.2, 0.25) is 0 Å². The van der Waals surface area contributed by atoms with Crippen molar-refractivity contribution in [1.29, 1.82) is 0 Å². The second-order valence-electron chi connectivity index (χ2n) is 4.53. The van der Waals surface area contributed by atoms with Crippen LogP contribution in [0.15, 0.2) is 12.2 Å². The number of nitrogens with zero attached hydrogens (tertiary/aromatic N) is 1. The average Bonchev–Trinajstić information content (AvgIpc) is 2.68. The summed E-state index contributed by atoms with van der Waals surface area (Å²) in [6, 6.07) is 0.